The van der Waals surface area contributed by atoms with Gasteiger partial charge in [-0.2, -0.15) is 0 Å². The van der Waals surface area contributed by atoms with E-state index >= 15 is 0 Å². The van der Waals surface area contributed by atoms with Gasteiger partial charge in [-0.1, -0.05) is 5.92 Å². The molecule has 0 unspecified atom stereocenters. The molecule has 0 N–H and O–H groups in total. The Labute approximate surface area is 129 Å². The Bertz CT molecular complexity index is 881. The number of aryl methyl sites for hydroxylation is 3. The van der Waals surface area contributed by atoms with Crippen LogP contribution < -0.4 is 0 Å². The summed E-state index contributed by atoms with van der Waals surface area (Å²) in [5.41, 5.74) is 3.79. The van der Waals surface area contributed by atoms with Gasteiger partial charge < -0.3 is 0 Å². The molecular weight excluding hydrogens is 272 g/mol. The Balaban J connectivity index is 1.93. The maximum Gasteiger partial charge on any atom is 0.138 e. The summed E-state index contributed by atoms with van der Waals surface area (Å²) < 4.78 is 1.95. The van der Waals surface area contributed by atoms with Crippen LogP contribution in [0.25, 0.3) is 5.82 Å². The summed E-state index contributed by atoms with van der Waals surface area (Å²) in [7, 11) is 0. The molecule has 0 aliphatic carbocycles. The van der Waals surface area contributed by atoms with Crippen molar-refractivity contribution in [2.45, 2.75) is 20.8 Å². The molecule has 0 aromatic carbocycles. The lowest BCUT2D eigenvalue weighted by Gasteiger charge is -2.03. The summed E-state index contributed by atoms with van der Waals surface area (Å²) in [5, 5.41) is 0. The monoisotopic (exact) mass is 288 g/mol. The van der Waals surface area contributed by atoms with Gasteiger partial charge in [0.25, 0.3) is 0 Å². The van der Waals surface area contributed by atoms with Crippen LogP contribution in [0.15, 0.2) is 42.9 Å². The summed E-state index contributed by atoms with van der Waals surface area (Å²) in [5.74, 6) is 7.94. The molecule has 3 heterocycles. The van der Waals surface area contributed by atoms with Crippen LogP contribution in [-0.4, -0.2) is 19.5 Å². The summed E-state index contributed by atoms with van der Waals surface area (Å²) in [6, 6.07) is 7.85. The molecule has 0 fully saturated rings. The summed E-state index contributed by atoms with van der Waals surface area (Å²) in [6.07, 6.45) is 5.48. The van der Waals surface area contributed by atoms with Gasteiger partial charge in [0.05, 0.1) is 0 Å². The predicted octanol–water partition coefficient (Wildman–Crippen LogP) is 2.99. The molecule has 108 valence electrons. The number of hydrogen-bond acceptors (Lipinski definition) is 3. The minimum Gasteiger partial charge on any atom is -0.287 e. The second-order valence-corrected chi connectivity index (χ2v) is 5.17. The quantitative estimate of drug-likeness (QED) is 0.647. The largest absolute Gasteiger partial charge is 0.287 e. The first kappa shape index (κ1) is 14.0. The fourth-order valence-corrected chi connectivity index (χ4v) is 2.18. The molecule has 0 amide bonds. The van der Waals surface area contributed by atoms with Gasteiger partial charge in [-0.15, -0.1) is 0 Å². The fraction of sp³-hybridized carbons (Fsp3) is 0.167. The van der Waals surface area contributed by atoms with Gasteiger partial charge >= 0.3 is 0 Å². The fourth-order valence-electron chi connectivity index (χ4n) is 2.18. The van der Waals surface area contributed by atoms with E-state index in [1.807, 2.05) is 55.8 Å². The molecule has 3 rings (SSSR count). The molecule has 0 aliphatic rings. The van der Waals surface area contributed by atoms with E-state index in [4.69, 9.17) is 0 Å². The van der Waals surface area contributed by atoms with Gasteiger partial charge in [-0.05, 0) is 56.5 Å². The van der Waals surface area contributed by atoms with Crippen LogP contribution in [0.5, 0.6) is 0 Å². The zero-order valence-corrected chi connectivity index (χ0v) is 12.8. The number of nitrogens with zero attached hydrogens (tertiary/aromatic N) is 4. The SMILES string of the molecule is Cc1ccnc(-n2cc(C#Cc3ccnc(C)c3)nc2C)c1. The molecule has 0 aliphatic heterocycles. The van der Waals surface area contributed by atoms with E-state index < -0.39 is 0 Å². The number of imidazole rings is 1. The van der Waals surface area contributed by atoms with Crippen molar-refractivity contribution < 1.29 is 0 Å². The lowest BCUT2D eigenvalue weighted by atomic mass is 10.2. The van der Waals surface area contributed by atoms with Crippen molar-refractivity contribution >= 4 is 0 Å². The van der Waals surface area contributed by atoms with Crippen LogP contribution in [0.3, 0.4) is 0 Å². The molecule has 22 heavy (non-hydrogen) atoms. The molecule has 0 bridgehead atoms. The van der Waals surface area contributed by atoms with E-state index in [0.29, 0.717) is 0 Å². The van der Waals surface area contributed by atoms with Gasteiger partial charge in [0, 0.05) is 29.8 Å². The van der Waals surface area contributed by atoms with Crippen LogP contribution in [0.2, 0.25) is 0 Å². The van der Waals surface area contributed by atoms with Gasteiger partial charge in [0.15, 0.2) is 0 Å². The first-order chi connectivity index (χ1) is 10.6. The molecule has 0 atom stereocenters. The zero-order chi connectivity index (χ0) is 15.5. The highest BCUT2D eigenvalue weighted by atomic mass is 15.1. The summed E-state index contributed by atoms with van der Waals surface area (Å²) >= 11 is 0. The molecule has 0 saturated heterocycles. The Kier molecular flexibility index (Phi) is 3.71. The van der Waals surface area contributed by atoms with Crippen molar-refractivity contribution in [2.75, 3.05) is 0 Å². The van der Waals surface area contributed by atoms with E-state index in [2.05, 4.69) is 26.8 Å². The van der Waals surface area contributed by atoms with Crippen molar-refractivity contribution in [1.82, 2.24) is 19.5 Å². The first-order valence-corrected chi connectivity index (χ1v) is 7.05. The third kappa shape index (κ3) is 3.04. The summed E-state index contributed by atoms with van der Waals surface area (Å²) in [4.78, 5) is 13.0. The maximum absolute atomic E-state index is 4.49. The van der Waals surface area contributed by atoms with E-state index in [1.165, 1.54) is 0 Å². The van der Waals surface area contributed by atoms with Crippen LogP contribution in [-0.2, 0) is 0 Å². The van der Waals surface area contributed by atoms with E-state index in [1.54, 1.807) is 12.4 Å². The molecule has 3 aromatic heterocycles. The topological polar surface area (TPSA) is 43.6 Å². The molecular formula is C18H16N4. The lowest BCUT2D eigenvalue weighted by Crippen LogP contribution is -1.98. The standard InChI is InChI=1S/C18H16N4/c1-13-6-8-20-18(10-13)22-12-17(21-15(22)3)5-4-16-7-9-19-14(2)11-16/h6-12H,1-3H3. The number of pyridine rings is 2. The second-order valence-electron chi connectivity index (χ2n) is 5.17. The van der Waals surface area contributed by atoms with Crippen molar-refractivity contribution in [3.8, 4) is 17.7 Å². The van der Waals surface area contributed by atoms with Gasteiger partial charge in [0.1, 0.15) is 17.3 Å². The highest BCUT2D eigenvalue weighted by molar-refractivity contribution is 5.41. The van der Waals surface area contributed by atoms with E-state index in [-0.39, 0.29) is 0 Å². The third-order valence-corrected chi connectivity index (χ3v) is 3.26. The highest BCUT2D eigenvalue weighted by Crippen LogP contribution is 2.11. The van der Waals surface area contributed by atoms with Crippen molar-refractivity contribution in [1.29, 1.82) is 0 Å². The average Bonchev–Trinajstić information content (AvgIpc) is 2.86. The smallest absolute Gasteiger partial charge is 0.138 e. The predicted molar refractivity (Wildman–Crippen MR) is 85.8 cm³/mol. The molecule has 0 saturated carbocycles. The highest BCUT2D eigenvalue weighted by Gasteiger charge is 2.05. The minimum atomic E-state index is 0.732. The zero-order valence-electron chi connectivity index (χ0n) is 12.8. The van der Waals surface area contributed by atoms with Crippen LogP contribution in [0.4, 0.5) is 0 Å². The first-order valence-electron chi connectivity index (χ1n) is 7.05. The van der Waals surface area contributed by atoms with Gasteiger partial charge in [-0.25, -0.2) is 9.97 Å². The Hall–Kier alpha value is -2.93. The molecule has 4 heteroatoms. The van der Waals surface area contributed by atoms with Crippen LogP contribution >= 0.6 is 0 Å². The Morgan fingerprint density at radius 3 is 2.55 bits per heavy atom. The van der Waals surface area contributed by atoms with Gasteiger partial charge in [-0.3, -0.25) is 9.55 Å². The number of rotatable bonds is 1. The van der Waals surface area contributed by atoms with Crippen molar-refractivity contribution in [3.05, 3.63) is 71.2 Å². The lowest BCUT2D eigenvalue weighted by molar-refractivity contribution is 0.930. The number of hydrogen-bond donors (Lipinski definition) is 0. The summed E-state index contributed by atoms with van der Waals surface area (Å²) in [6.45, 7) is 5.95. The van der Waals surface area contributed by atoms with Crippen molar-refractivity contribution in [2.24, 2.45) is 0 Å². The molecule has 0 radical (unpaired) electrons. The Morgan fingerprint density at radius 2 is 1.77 bits per heavy atom. The van der Waals surface area contributed by atoms with Crippen LogP contribution in [0, 0.1) is 32.6 Å². The third-order valence-electron chi connectivity index (χ3n) is 3.26. The molecule has 3 aromatic rings. The Morgan fingerprint density at radius 1 is 0.955 bits per heavy atom. The molecule has 0 spiro atoms. The average molecular weight is 288 g/mol. The van der Waals surface area contributed by atoms with E-state index in [0.717, 1.165) is 34.2 Å². The van der Waals surface area contributed by atoms with Crippen LogP contribution in [0.1, 0.15) is 28.3 Å². The second kappa shape index (κ2) is 5.82. The van der Waals surface area contributed by atoms with Crippen molar-refractivity contribution in [3.63, 3.8) is 0 Å². The van der Waals surface area contributed by atoms with Gasteiger partial charge in [0.2, 0.25) is 0 Å². The van der Waals surface area contributed by atoms with E-state index in [9.17, 15) is 0 Å². The normalized spacial score (nSPS) is 10.1. The molecule has 4 nitrogen and oxygen atoms in total. The number of aromatic nitrogens is 4. The minimum absolute atomic E-state index is 0.732. The maximum atomic E-state index is 4.49.